The third-order valence-corrected chi connectivity index (χ3v) is 5.07. The minimum Gasteiger partial charge on any atom is -0.489 e. The summed E-state index contributed by atoms with van der Waals surface area (Å²) in [4.78, 5) is 5.86. The standard InChI is InChI=1S/C20H21NOS/c1-20(2,3)18-13-21-19(23-18)16-9-11-17(12-10-16)22-14-15-7-5-4-6-8-15/h4-13H,14H2,1-3H3. The molecule has 0 aliphatic rings. The molecule has 0 saturated carbocycles. The predicted octanol–water partition coefficient (Wildman–Crippen LogP) is 5.69. The van der Waals surface area contributed by atoms with Crippen LogP contribution in [0.3, 0.4) is 0 Å². The number of hydrogen-bond acceptors (Lipinski definition) is 3. The fourth-order valence-corrected chi connectivity index (χ4v) is 3.17. The maximum absolute atomic E-state index is 5.83. The third kappa shape index (κ3) is 3.99. The maximum atomic E-state index is 5.83. The second-order valence-corrected chi connectivity index (χ2v) is 7.61. The molecule has 0 N–H and O–H groups in total. The van der Waals surface area contributed by atoms with Gasteiger partial charge in [0, 0.05) is 16.6 Å². The van der Waals surface area contributed by atoms with Gasteiger partial charge in [-0.25, -0.2) is 4.98 Å². The lowest BCUT2D eigenvalue weighted by molar-refractivity contribution is 0.306. The summed E-state index contributed by atoms with van der Waals surface area (Å²) in [7, 11) is 0. The van der Waals surface area contributed by atoms with E-state index in [9.17, 15) is 0 Å². The van der Waals surface area contributed by atoms with Crippen molar-refractivity contribution in [1.29, 1.82) is 0 Å². The number of aromatic nitrogens is 1. The van der Waals surface area contributed by atoms with Crippen LogP contribution in [0, 0.1) is 0 Å². The molecule has 0 radical (unpaired) electrons. The highest BCUT2D eigenvalue weighted by Gasteiger charge is 2.17. The van der Waals surface area contributed by atoms with Gasteiger partial charge in [0.05, 0.1) is 0 Å². The number of thiazole rings is 1. The number of nitrogens with zero attached hydrogens (tertiary/aromatic N) is 1. The molecule has 3 heteroatoms. The van der Waals surface area contributed by atoms with E-state index in [0.717, 1.165) is 16.3 Å². The molecule has 0 amide bonds. The Hall–Kier alpha value is -2.13. The molecular formula is C20H21NOS. The van der Waals surface area contributed by atoms with Gasteiger partial charge in [0.15, 0.2) is 0 Å². The SMILES string of the molecule is CC(C)(C)c1cnc(-c2ccc(OCc3ccccc3)cc2)s1. The first kappa shape index (κ1) is 15.8. The smallest absolute Gasteiger partial charge is 0.123 e. The minimum atomic E-state index is 0.147. The predicted molar refractivity (Wildman–Crippen MR) is 97.0 cm³/mol. The van der Waals surface area contributed by atoms with Crippen molar-refractivity contribution < 1.29 is 4.74 Å². The highest BCUT2D eigenvalue weighted by molar-refractivity contribution is 7.15. The van der Waals surface area contributed by atoms with Crippen molar-refractivity contribution >= 4 is 11.3 Å². The van der Waals surface area contributed by atoms with E-state index in [1.807, 2.05) is 36.5 Å². The van der Waals surface area contributed by atoms with Gasteiger partial charge >= 0.3 is 0 Å². The van der Waals surface area contributed by atoms with E-state index in [4.69, 9.17) is 4.74 Å². The van der Waals surface area contributed by atoms with Gasteiger partial charge in [-0.2, -0.15) is 0 Å². The molecule has 0 spiro atoms. The lowest BCUT2D eigenvalue weighted by Gasteiger charge is -2.14. The number of benzene rings is 2. The van der Waals surface area contributed by atoms with Crippen molar-refractivity contribution in [1.82, 2.24) is 4.98 Å². The van der Waals surface area contributed by atoms with Gasteiger partial charge < -0.3 is 4.74 Å². The minimum absolute atomic E-state index is 0.147. The van der Waals surface area contributed by atoms with Crippen LogP contribution in [-0.2, 0) is 12.0 Å². The monoisotopic (exact) mass is 323 g/mol. The quantitative estimate of drug-likeness (QED) is 0.615. The van der Waals surface area contributed by atoms with E-state index < -0.39 is 0 Å². The lowest BCUT2D eigenvalue weighted by Crippen LogP contribution is -2.07. The Morgan fingerprint density at radius 3 is 2.26 bits per heavy atom. The summed E-state index contributed by atoms with van der Waals surface area (Å²) in [6.07, 6.45) is 1.99. The van der Waals surface area contributed by atoms with Gasteiger partial charge in [0.25, 0.3) is 0 Å². The highest BCUT2D eigenvalue weighted by Crippen LogP contribution is 2.33. The van der Waals surface area contributed by atoms with E-state index in [1.165, 1.54) is 10.4 Å². The summed E-state index contributed by atoms with van der Waals surface area (Å²) in [5.41, 5.74) is 2.46. The molecule has 23 heavy (non-hydrogen) atoms. The fraction of sp³-hybridized carbons (Fsp3) is 0.250. The second-order valence-electron chi connectivity index (χ2n) is 6.58. The van der Waals surface area contributed by atoms with E-state index in [-0.39, 0.29) is 5.41 Å². The van der Waals surface area contributed by atoms with Crippen molar-refractivity contribution in [3.63, 3.8) is 0 Å². The van der Waals surface area contributed by atoms with Crippen LogP contribution in [0.25, 0.3) is 10.6 Å². The summed E-state index contributed by atoms with van der Waals surface area (Å²) < 4.78 is 5.83. The molecule has 0 aliphatic carbocycles. The van der Waals surface area contributed by atoms with Gasteiger partial charge in [0.1, 0.15) is 17.4 Å². The summed E-state index contributed by atoms with van der Waals surface area (Å²) in [5, 5.41) is 1.06. The first-order valence-electron chi connectivity index (χ1n) is 7.76. The van der Waals surface area contributed by atoms with E-state index in [0.29, 0.717) is 6.61 Å². The largest absolute Gasteiger partial charge is 0.489 e. The molecule has 1 aromatic heterocycles. The molecule has 0 atom stereocenters. The van der Waals surface area contributed by atoms with Gasteiger partial charge in [-0.15, -0.1) is 11.3 Å². The normalized spacial score (nSPS) is 11.4. The topological polar surface area (TPSA) is 22.1 Å². The van der Waals surface area contributed by atoms with E-state index in [1.54, 1.807) is 11.3 Å². The first-order valence-corrected chi connectivity index (χ1v) is 8.57. The van der Waals surface area contributed by atoms with Gasteiger partial charge in [-0.05, 0) is 35.2 Å². The van der Waals surface area contributed by atoms with Gasteiger partial charge in [-0.1, -0.05) is 51.1 Å². The molecular weight excluding hydrogens is 302 g/mol. The Labute approximate surface area is 141 Å². The molecule has 0 unspecified atom stereocenters. The van der Waals surface area contributed by atoms with Crippen LogP contribution in [0.2, 0.25) is 0 Å². The third-order valence-electron chi connectivity index (χ3n) is 3.59. The first-order chi connectivity index (χ1) is 11.0. The van der Waals surface area contributed by atoms with Crippen molar-refractivity contribution in [2.75, 3.05) is 0 Å². The number of rotatable bonds is 4. The molecule has 0 saturated heterocycles. The average molecular weight is 323 g/mol. The Kier molecular flexibility index (Phi) is 4.49. The highest BCUT2D eigenvalue weighted by atomic mass is 32.1. The van der Waals surface area contributed by atoms with Crippen molar-refractivity contribution in [3.8, 4) is 16.3 Å². The zero-order chi connectivity index (χ0) is 16.3. The number of ether oxygens (including phenoxy) is 1. The Morgan fingerprint density at radius 2 is 1.65 bits per heavy atom. The van der Waals surface area contributed by atoms with Crippen LogP contribution in [0.5, 0.6) is 5.75 Å². The maximum Gasteiger partial charge on any atom is 0.123 e. The lowest BCUT2D eigenvalue weighted by atomic mass is 9.96. The van der Waals surface area contributed by atoms with Crippen molar-refractivity contribution in [2.45, 2.75) is 32.8 Å². The summed E-state index contributed by atoms with van der Waals surface area (Å²) >= 11 is 1.76. The molecule has 3 aromatic rings. The Bertz CT molecular complexity index is 754. The molecule has 0 fully saturated rings. The van der Waals surface area contributed by atoms with Crippen LogP contribution in [0.4, 0.5) is 0 Å². The molecule has 0 aliphatic heterocycles. The van der Waals surface area contributed by atoms with Crippen molar-refractivity contribution in [3.05, 3.63) is 71.2 Å². The summed E-state index contributed by atoms with van der Waals surface area (Å²) in [5.74, 6) is 0.880. The zero-order valence-corrected chi connectivity index (χ0v) is 14.6. The molecule has 3 rings (SSSR count). The number of hydrogen-bond donors (Lipinski definition) is 0. The molecule has 2 nitrogen and oxygen atoms in total. The average Bonchev–Trinajstić information content (AvgIpc) is 3.05. The second kappa shape index (κ2) is 6.55. The van der Waals surface area contributed by atoms with Crippen LogP contribution >= 0.6 is 11.3 Å². The van der Waals surface area contributed by atoms with Gasteiger partial charge in [0.2, 0.25) is 0 Å². The Morgan fingerprint density at radius 1 is 0.957 bits per heavy atom. The van der Waals surface area contributed by atoms with Crippen LogP contribution < -0.4 is 4.74 Å². The molecule has 0 bridgehead atoms. The van der Waals surface area contributed by atoms with Crippen LogP contribution in [0.1, 0.15) is 31.2 Å². The summed E-state index contributed by atoms with van der Waals surface area (Å²) in [6, 6.07) is 18.4. The molecule has 1 heterocycles. The Balaban J connectivity index is 1.68. The zero-order valence-electron chi connectivity index (χ0n) is 13.7. The van der Waals surface area contributed by atoms with Crippen LogP contribution in [-0.4, -0.2) is 4.98 Å². The van der Waals surface area contributed by atoms with Crippen molar-refractivity contribution in [2.24, 2.45) is 0 Å². The van der Waals surface area contributed by atoms with E-state index in [2.05, 4.69) is 50.0 Å². The van der Waals surface area contributed by atoms with E-state index >= 15 is 0 Å². The van der Waals surface area contributed by atoms with Gasteiger partial charge in [-0.3, -0.25) is 0 Å². The molecule has 2 aromatic carbocycles. The summed E-state index contributed by atoms with van der Waals surface area (Å²) in [6.45, 7) is 7.23. The van der Waals surface area contributed by atoms with Crippen LogP contribution in [0.15, 0.2) is 60.8 Å². The molecule has 118 valence electrons. The fourth-order valence-electron chi connectivity index (χ4n) is 2.19.